The molecule has 1 saturated heterocycles. The summed E-state index contributed by atoms with van der Waals surface area (Å²) in [6.07, 6.45) is -6.60. The molecule has 0 amide bonds. The lowest BCUT2D eigenvalue weighted by Gasteiger charge is -2.40. The zero-order valence-electron chi connectivity index (χ0n) is 14.8. The van der Waals surface area contributed by atoms with Gasteiger partial charge in [0, 0.05) is 0 Å². The molecule has 0 saturated carbocycles. The van der Waals surface area contributed by atoms with Crippen LogP contribution >= 0.6 is 7.60 Å². The number of hydrogen-bond acceptors (Lipinski definition) is 6. The molecule has 0 spiro atoms. The Kier molecular flexibility index (Phi) is 7.21. The number of hydrogen-bond donors (Lipinski definition) is 5. The predicted octanol–water partition coefficient (Wildman–Crippen LogP) is 0.639. The number of aliphatic hydroxyl groups is 3. The number of rotatable bonds is 7. The third kappa shape index (κ3) is 6.03. The van der Waals surface area contributed by atoms with E-state index < -0.39 is 44.5 Å². The third-order valence-electron chi connectivity index (χ3n) is 4.19. The minimum atomic E-state index is -4.27. The minimum Gasteiger partial charge on any atom is -0.462 e. The first-order valence-electron chi connectivity index (χ1n) is 8.56. The van der Waals surface area contributed by atoms with Crippen molar-refractivity contribution in [1.29, 1.82) is 0 Å². The molecule has 5 N–H and O–H groups in total. The van der Waals surface area contributed by atoms with Crippen molar-refractivity contribution in [2.75, 3.05) is 6.16 Å². The molecular formula is C17H27O8P. The summed E-state index contributed by atoms with van der Waals surface area (Å²) in [5, 5.41) is 30.0. The van der Waals surface area contributed by atoms with Crippen LogP contribution in [0.5, 0.6) is 5.75 Å². The highest BCUT2D eigenvalue weighted by atomic mass is 31.2. The summed E-state index contributed by atoms with van der Waals surface area (Å²) in [6.45, 7) is 4.22. The number of aliphatic hydroxyl groups excluding tert-OH is 3. The van der Waals surface area contributed by atoms with Crippen LogP contribution in [-0.2, 0) is 15.7 Å². The van der Waals surface area contributed by atoms with Gasteiger partial charge in [-0.05, 0) is 36.5 Å². The average molecular weight is 390 g/mol. The van der Waals surface area contributed by atoms with Gasteiger partial charge in [-0.2, -0.15) is 0 Å². The van der Waals surface area contributed by atoms with E-state index in [2.05, 4.69) is 13.8 Å². The van der Waals surface area contributed by atoms with Gasteiger partial charge in [0.15, 0.2) is 0 Å². The molecule has 0 unspecified atom stereocenters. The second kappa shape index (κ2) is 8.80. The van der Waals surface area contributed by atoms with Gasteiger partial charge in [-0.1, -0.05) is 26.0 Å². The standard InChI is InChI=1S/C17H27O8P/c1-10(2)9-11-3-5-12(6-4-11)24-17-16(20)15(19)14(18)13(25-17)7-8-26(21,22)23/h3-6,10,13-20H,7-9H2,1-2H3,(H2,21,22,23)/t13-,14-,15+,16+,17+/m1/s1. The molecule has 5 atom stereocenters. The Morgan fingerprint density at radius 3 is 2.23 bits per heavy atom. The highest BCUT2D eigenvalue weighted by Gasteiger charge is 2.45. The van der Waals surface area contributed by atoms with E-state index in [1.54, 1.807) is 12.1 Å². The van der Waals surface area contributed by atoms with Crippen molar-refractivity contribution in [3.63, 3.8) is 0 Å². The van der Waals surface area contributed by atoms with Crippen molar-refractivity contribution >= 4 is 7.60 Å². The van der Waals surface area contributed by atoms with Crippen molar-refractivity contribution < 1.29 is 39.1 Å². The highest BCUT2D eigenvalue weighted by molar-refractivity contribution is 7.51. The molecule has 9 heteroatoms. The van der Waals surface area contributed by atoms with Gasteiger partial charge < -0.3 is 34.6 Å². The fourth-order valence-corrected chi connectivity index (χ4v) is 3.45. The summed E-state index contributed by atoms with van der Waals surface area (Å²) in [5.74, 6) is 0.926. The Bertz CT molecular complexity index is 614. The van der Waals surface area contributed by atoms with Crippen LogP contribution in [0.4, 0.5) is 0 Å². The molecule has 1 aromatic rings. The summed E-state index contributed by atoms with van der Waals surface area (Å²) in [5.41, 5.74) is 1.13. The zero-order valence-corrected chi connectivity index (χ0v) is 15.7. The number of ether oxygens (including phenoxy) is 2. The maximum atomic E-state index is 11.0. The first-order chi connectivity index (χ1) is 12.1. The molecule has 0 aliphatic carbocycles. The largest absolute Gasteiger partial charge is 0.462 e. The molecule has 8 nitrogen and oxygen atoms in total. The van der Waals surface area contributed by atoms with E-state index in [1.807, 2.05) is 12.1 Å². The van der Waals surface area contributed by atoms with E-state index in [0.717, 1.165) is 12.0 Å². The molecule has 1 fully saturated rings. The second-order valence-electron chi connectivity index (χ2n) is 7.05. The molecule has 0 bridgehead atoms. The van der Waals surface area contributed by atoms with Gasteiger partial charge in [-0.15, -0.1) is 0 Å². The molecular weight excluding hydrogens is 363 g/mol. The first-order valence-corrected chi connectivity index (χ1v) is 10.4. The molecule has 1 aromatic carbocycles. The van der Waals surface area contributed by atoms with Crippen LogP contribution in [-0.4, -0.2) is 62.0 Å². The summed E-state index contributed by atoms with van der Waals surface area (Å²) < 4.78 is 22.0. The summed E-state index contributed by atoms with van der Waals surface area (Å²) in [6, 6.07) is 7.22. The maximum absolute atomic E-state index is 11.0. The lowest BCUT2D eigenvalue weighted by Crippen LogP contribution is -2.59. The van der Waals surface area contributed by atoms with E-state index in [1.165, 1.54) is 0 Å². The topological polar surface area (TPSA) is 137 Å². The Balaban J connectivity index is 2.03. The van der Waals surface area contributed by atoms with E-state index in [0.29, 0.717) is 11.7 Å². The lowest BCUT2D eigenvalue weighted by molar-refractivity contribution is -0.272. The Hall–Kier alpha value is -0.990. The van der Waals surface area contributed by atoms with Crippen LogP contribution in [0.1, 0.15) is 25.8 Å². The van der Waals surface area contributed by atoms with Crippen molar-refractivity contribution in [2.24, 2.45) is 5.92 Å². The van der Waals surface area contributed by atoms with Gasteiger partial charge >= 0.3 is 7.60 Å². The number of benzene rings is 1. The second-order valence-corrected chi connectivity index (χ2v) is 8.83. The van der Waals surface area contributed by atoms with Gasteiger partial charge in [0.25, 0.3) is 0 Å². The predicted molar refractivity (Wildman–Crippen MR) is 93.8 cm³/mol. The van der Waals surface area contributed by atoms with E-state index in [4.69, 9.17) is 19.3 Å². The quantitative estimate of drug-likeness (QED) is 0.428. The highest BCUT2D eigenvalue weighted by Crippen LogP contribution is 2.37. The summed E-state index contributed by atoms with van der Waals surface area (Å²) >= 11 is 0. The molecule has 1 aliphatic rings. The normalized spacial score (nSPS) is 29.8. The first kappa shape index (κ1) is 21.3. The lowest BCUT2D eigenvalue weighted by atomic mass is 9.97. The van der Waals surface area contributed by atoms with Crippen molar-refractivity contribution in [1.82, 2.24) is 0 Å². The molecule has 0 radical (unpaired) electrons. The van der Waals surface area contributed by atoms with Gasteiger partial charge in [0.2, 0.25) is 6.29 Å². The van der Waals surface area contributed by atoms with E-state index >= 15 is 0 Å². The van der Waals surface area contributed by atoms with Crippen LogP contribution in [0.25, 0.3) is 0 Å². The monoisotopic (exact) mass is 390 g/mol. The zero-order chi connectivity index (χ0) is 19.5. The Morgan fingerprint density at radius 2 is 1.69 bits per heavy atom. The fourth-order valence-electron chi connectivity index (χ4n) is 2.86. The van der Waals surface area contributed by atoms with Crippen molar-refractivity contribution in [2.45, 2.75) is 57.4 Å². The molecule has 26 heavy (non-hydrogen) atoms. The summed E-state index contributed by atoms with van der Waals surface area (Å²) in [4.78, 5) is 17.9. The van der Waals surface area contributed by atoms with Crippen LogP contribution in [0, 0.1) is 5.92 Å². The smallest absolute Gasteiger partial charge is 0.325 e. The maximum Gasteiger partial charge on any atom is 0.325 e. The third-order valence-corrected chi connectivity index (χ3v) is 5.03. The molecule has 1 aliphatic heterocycles. The fraction of sp³-hybridized carbons (Fsp3) is 0.647. The van der Waals surface area contributed by atoms with Gasteiger partial charge in [-0.25, -0.2) is 0 Å². The van der Waals surface area contributed by atoms with Crippen LogP contribution < -0.4 is 4.74 Å². The van der Waals surface area contributed by atoms with E-state index in [9.17, 15) is 19.9 Å². The van der Waals surface area contributed by atoms with Gasteiger partial charge in [-0.3, -0.25) is 4.57 Å². The molecule has 2 rings (SSSR count). The van der Waals surface area contributed by atoms with Crippen LogP contribution in [0.2, 0.25) is 0 Å². The van der Waals surface area contributed by atoms with Crippen LogP contribution in [0.3, 0.4) is 0 Å². The average Bonchev–Trinajstić information content (AvgIpc) is 2.54. The Morgan fingerprint density at radius 1 is 1.08 bits per heavy atom. The SMILES string of the molecule is CC(C)Cc1ccc(O[C@H]2O[C@H](CCP(=O)(O)O)[C@@H](O)[C@H](O)[C@@H]2O)cc1. The molecule has 0 aromatic heterocycles. The Labute approximate surface area is 152 Å². The van der Waals surface area contributed by atoms with Gasteiger partial charge in [0.05, 0.1) is 12.3 Å². The van der Waals surface area contributed by atoms with Crippen LogP contribution in [0.15, 0.2) is 24.3 Å². The molecule has 148 valence electrons. The van der Waals surface area contributed by atoms with E-state index in [-0.39, 0.29) is 6.42 Å². The van der Waals surface area contributed by atoms with Gasteiger partial charge in [0.1, 0.15) is 24.1 Å². The minimum absolute atomic E-state index is 0.178. The van der Waals surface area contributed by atoms with Crippen molar-refractivity contribution in [3.05, 3.63) is 29.8 Å². The molecule has 1 heterocycles. The van der Waals surface area contributed by atoms with Crippen molar-refractivity contribution in [3.8, 4) is 5.75 Å². The summed E-state index contributed by atoms with van der Waals surface area (Å²) in [7, 11) is -4.27.